The predicted molar refractivity (Wildman–Crippen MR) is 84.6 cm³/mol. The lowest BCUT2D eigenvalue weighted by atomic mass is 10.1. The second-order valence-corrected chi connectivity index (χ2v) is 5.78. The molecule has 0 radical (unpaired) electrons. The average Bonchev–Trinajstić information content (AvgIpc) is 3.25. The van der Waals surface area contributed by atoms with Crippen LogP contribution < -0.4 is 4.74 Å². The number of carbonyl (C=O) groups is 1. The first kappa shape index (κ1) is 14.6. The molecule has 0 spiro atoms. The molecule has 1 saturated carbocycles. The molecule has 3 atom stereocenters. The van der Waals surface area contributed by atoms with Crippen LogP contribution in [0.4, 0.5) is 0 Å². The average molecular weight is 296 g/mol. The lowest BCUT2D eigenvalue weighted by Gasteiger charge is -2.05. The topological polar surface area (TPSA) is 35.5 Å². The van der Waals surface area contributed by atoms with E-state index in [1.807, 2.05) is 54.6 Å². The van der Waals surface area contributed by atoms with Crippen LogP contribution in [-0.4, -0.2) is 13.1 Å². The van der Waals surface area contributed by atoms with Gasteiger partial charge in [0.25, 0.3) is 0 Å². The summed E-state index contributed by atoms with van der Waals surface area (Å²) in [5.41, 5.74) is 2.19. The lowest BCUT2D eigenvalue weighted by Crippen LogP contribution is -2.08. The Balaban J connectivity index is 1.59. The molecule has 1 aliphatic carbocycles. The predicted octanol–water partition coefficient (Wildman–Crippen LogP) is 3.79. The number of hydrogen-bond acceptors (Lipinski definition) is 3. The van der Waals surface area contributed by atoms with Gasteiger partial charge in [0.05, 0.1) is 13.0 Å². The van der Waals surface area contributed by atoms with Crippen LogP contribution in [0.5, 0.6) is 5.75 Å². The number of benzene rings is 2. The van der Waals surface area contributed by atoms with Crippen LogP contribution in [0.3, 0.4) is 0 Å². The van der Waals surface area contributed by atoms with Crippen LogP contribution >= 0.6 is 0 Å². The highest BCUT2D eigenvalue weighted by atomic mass is 16.5. The molecule has 1 aliphatic rings. The van der Waals surface area contributed by atoms with Crippen LogP contribution in [-0.2, 0) is 16.1 Å². The summed E-state index contributed by atoms with van der Waals surface area (Å²) >= 11 is 0. The van der Waals surface area contributed by atoms with Gasteiger partial charge in [-0.25, -0.2) is 0 Å². The SMILES string of the molecule is COc1ccc(C2C(C)C2C(=O)OCc2ccccc2)cc1. The van der Waals surface area contributed by atoms with E-state index in [1.165, 1.54) is 5.56 Å². The van der Waals surface area contributed by atoms with Crippen LogP contribution in [0.15, 0.2) is 54.6 Å². The van der Waals surface area contributed by atoms with Crippen LogP contribution in [0, 0.1) is 11.8 Å². The molecular formula is C19H20O3. The Hall–Kier alpha value is -2.29. The monoisotopic (exact) mass is 296 g/mol. The molecule has 3 rings (SSSR count). The molecule has 2 aromatic carbocycles. The number of hydrogen-bond donors (Lipinski definition) is 0. The summed E-state index contributed by atoms with van der Waals surface area (Å²) in [4.78, 5) is 12.2. The molecule has 0 saturated heterocycles. The van der Waals surface area contributed by atoms with Crippen molar-refractivity contribution in [3.63, 3.8) is 0 Å². The third-order valence-corrected chi connectivity index (χ3v) is 4.38. The Labute approximate surface area is 130 Å². The van der Waals surface area contributed by atoms with Crippen LogP contribution in [0.1, 0.15) is 24.0 Å². The van der Waals surface area contributed by atoms with Gasteiger partial charge in [-0.1, -0.05) is 49.4 Å². The zero-order chi connectivity index (χ0) is 15.5. The molecule has 1 fully saturated rings. The van der Waals surface area contributed by atoms with Crippen molar-refractivity contribution in [3.8, 4) is 5.75 Å². The summed E-state index contributed by atoms with van der Waals surface area (Å²) in [5, 5.41) is 0. The normalized spacial score (nSPS) is 22.9. The van der Waals surface area contributed by atoms with E-state index >= 15 is 0 Å². The highest BCUT2D eigenvalue weighted by molar-refractivity contribution is 5.78. The molecule has 0 aromatic heterocycles. The summed E-state index contributed by atoms with van der Waals surface area (Å²) in [5.74, 6) is 1.29. The minimum atomic E-state index is -0.0998. The molecule has 0 amide bonds. The molecule has 22 heavy (non-hydrogen) atoms. The number of ether oxygens (including phenoxy) is 2. The fourth-order valence-electron chi connectivity index (χ4n) is 2.99. The maximum Gasteiger partial charge on any atom is 0.310 e. The van der Waals surface area contributed by atoms with E-state index < -0.39 is 0 Å². The fourth-order valence-corrected chi connectivity index (χ4v) is 2.99. The van der Waals surface area contributed by atoms with E-state index in [1.54, 1.807) is 7.11 Å². The largest absolute Gasteiger partial charge is 0.497 e. The Morgan fingerprint density at radius 1 is 1.05 bits per heavy atom. The number of esters is 1. The van der Waals surface area contributed by atoms with E-state index in [0.29, 0.717) is 12.5 Å². The molecule has 3 nitrogen and oxygen atoms in total. The van der Waals surface area contributed by atoms with Gasteiger partial charge in [0, 0.05) is 5.92 Å². The van der Waals surface area contributed by atoms with Gasteiger partial charge in [0.2, 0.25) is 0 Å². The maximum atomic E-state index is 12.2. The lowest BCUT2D eigenvalue weighted by molar-refractivity contribution is -0.147. The molecule has 0 aliphatic heterocycles. The minimum Gasteiger partial charge on any atom is -0.497 e. The van der Waals surface area contributed by atoms with Gasteiger partial charge in [-0.2, -0.15) is 0 Å². The van der Waals surface area contributed by atoms with Crippen molar-refractivity contribution in [1.29, 1.82) is 0 Å². The molecule has 114 valence electrons. The quantitative estimate of drug-likeness (QED) is 0.788. The van der Waals surface area contributed by atoms with Crippen molar-refractivity contribution in [2.45, 2.75) is 19.4 Å². The van der Waals surface area contributed by atoms with Crippen molar-refractivity contribution < 1.29 is 14.3 Å². The van der Waals surface area contributed by atoms with Gasteiger partial charge in [0.1, 0.15) is 12.4 Å². The highest BCUT2D eigenvalue weighted by Gasteiger charge is 2.53. The van der Waals surface area contributed by atoms with E-state index in [4.69, 9.17) is 9.47 Å². The summed E-state index contributed by atoms with van der Waals surface area (Å²) in [6.45, 7) is 2.45. The highest BCUT2D eigenvalue weighted by Crippen LogP contribution is 2.54. The van der Waals surface area contributed by atoms with Crippen LogP contribution in [0.2, 0.25) is 0 Å². The van der Waals surface area contributed by atoms with Crippen molar-refractivity contribution in [1.82, 2.24) is 0 Å². The first-order valence-electron chi connectivity index (χ1n) is 7.55. The molecule has 0 N–H and O–H groups in total. The fraction of sp³-hybridized carbons (Fsp3) is 0.316. The summed E-state index contributed by atoms with van der Waals surface area (Å²) in [6, 6.07) is 17.7. The third kappa shape index (κ3) is 2.98. The first-order chi connectivity index (χ1) is 10.7. The second kappa shape index (κ2) is 6.22. The third-order valence-electron chi connectivity index (χ3n) is 4.38. The van der Waals surface area contributed by atoms with Crippen molar-refractivity contribution in [3.05, 3.63) is 65.7 Å². The molecule has 3 heteroatoms. The smallest absolute Gasteiger partial charge is 0.310 e. The van der Waals surface area contributed by atoms with E-state index in [0.717, 1.165) is 11.3 Å². The van der Waals surface area contributed by atoms with Crippen molar-refractivity contribution in [2.75, 3.05) is 7.11 Å². The second-order valence-electron chi connectivity index (χ2n) is 5.78. The van der Waals surface area contributed by atoms with Gasteiger partial charge in [-0.3, -0.25) is 4.79 Å². The Morgan fingerprint density at radius 3 is 2.36 bits per heavy atom. The summed E-state index contributed by atoms with van der Waals surface area (Å²) in [7, 11) is 1.65. The zero-order valence-electron chi connectivity index (χ0n) is 12.9. The first-order valence-corrected chi connectivity index (χ1v) is 7.55. The Bertz CT molecular complexity index is 633. The molecular weight excluding hydrogens is 276 g/mol. The maximum absolute atomic E-state index is 12.2. The van der Waals surface area contributed by atoms with E-state index in [2.05, 4.69) is 6.92 Å². The van der Waals surface area contributed by atoms with Gasteiger partial charge in [0.15, 0.2) is 0 Å². The zero-order valence-corrected chi connectivity index (χ0v) is 12.9. The summed E-state index contributed by atoms with van der Waals surface area (Å²) < 4.78 is 10.6. The number of methoxy groups -OCH3 is 1. The van der Waals surface area contributed by atoms with Gasteiger partial charge < -0.3 is 9.47 Å². The number of carbonyl (C=O) groups excluding carboxylic acids is 1. The summed E-state index contributed by atoms with van der Waals surface area (Å²) in [6.07, 6.45) is 0. The van der Waals surface area contributed by atoms with E-state index in [9.17, 15) is 4.79 Å². The number of rotatable bonds is 5. The van der Waals surface area contributed by atoms with Crippen molar-refractivity contribution >= 4 is 5.97 Å². The van der Waals surface area contributed by atoms with E-state index in [-0.39, 0.29) is 17.8 Å². The molecule has 0 bridgehead atoms. The molecule has 3 unspecified atom stereocenters. The van der Waals surface area contributed by atoms with Crippen molar-refractivity contribution in [2.24, 2.45) is 11.8 Å². The van der Waals surface area contributed by atoms with Gasteiger partial charge >= 0.3 is 5.97 Å². The standard InChI is InChI=1S/C19H20O3/c1-13-17(15-8-10-16(21-2)11-9-15)18(13)19(20)22-12-14-6-4-3-5-7-14/h3-11,13,17-18H,12H2,1-2H3. The molecule has 0 heterocycles. The van der Waals surface area contributed by atoms with Gasteiger partial charge in [-0.05, 0) is 29.2 Å². The Kier molecular flexibility index (Phi) is 4.14. The van der Waals surface area contributed by atoms with Gasteiger partial charge in [-0.15, -0.1) is 0 Å². The Morgan fingerprint density at radius 2 is 1.73 bits per heavy atom. The minimum absolute atomic E-state index is 0.0305. The molecule has 2 aromatic rings. The van der Waals surface area contributed by atoms with Crippen LogP contribution in [0.25, 0.3) is 0 Å².